The number of likely N-dealkylation sites (tertiary alicyclic amines) is 2. The van der Waals surface area contributed by atoms with Gasteiger partial charge in [0.15, 0.2) is 5.89 Å². The third-order valence-corrected chi connectivity index (χ3v) is 5.72. The zero-order valence-electron chi connectivity index (χ0n) is 16.0. The van der Waals surface area contributed by atoms with Crippen molar-refractivity contribution in [2.24, 2.45) is 0 Å². The first-order valence-electron chi connectivity index (χ1n) is 10.3. The van der Waals surface area contributed by atoms with Crippen LogP contribution >= 0.6 is 0 Å². The summed E-state index contributed by atoms with van der Waals surface area (Å²) in [5, 5.41) is 0. The fraction of sp³-hybridized carbons (Fsp3) is 0.545. The van der Waals surface area contributed by atoms with Crippen molar-refractivity contribution < 1.29 is 9.21 Å². The average Bonchev–Trinajstić information content (AvgIpc) is 3.18. The zero-order valence-corrected chi connectivity index (χ0v) is 16.0. The molecule has 0 saturated carbocycles. The van der Waals surface area contributed by atoms with E-state index >= 15 is 0 Å². The molecule has 0 radical (unpaired) electrons. The summed E-state index contributed by atoms with van der Waals surface area (Å²) in [5.74, 6) is 2.16. The molecule has 2 aliphatic heterocycles. The van der Waals surface area contributed by atoms with Gasteiger partial charge < -0.3 is 9.32 Å². The minimum absolute atomic E-state index is 0.216. The fourth-order valence-corrected chi connectivity index (χ4v) is 4.20. The van der Waals surface area contributed by atoms with E-state index in [1.165, 1.54) is 24.8 Å². The Bertz CT molecular complexity index is 737. The van der Waals surface area contributed by atoms with Crippen LogP contribution in [0.25, 0.3) is 0 Å². The average molecular weight is 367 g/mol. The molecule has 1 atom stereocenters. The lowest BCUT2D eigenvalue weighted by atomic mass is 9.98. The minimum atomic E-state index is 0.216. The van der Waals surface area contributed by atoms with Crippen LogP contribution in [0.4, 0.5) is 0 Å². The Morgan fingerprint density at radius 3 is 2.70 bits per heavy atom. The molecule has 2 saturated heterocycles. The van der Waals surface area contributed by atoms with E-state index in [9.17, 15) is 4.79 Å². The minimum Gasteiger partial charge on any atom is -0.445 e. The molecule has 2 fully saturated rings. The molecule has 4 rings (SSSR count). The first-order chi connectivity index (χ1) is 13.3. The van der Waals surface area contributed by atoms with Crippen LogP contribution in [0, 0.1) is 0 Å². The van der Waals surface area contributed by atoms with E-state index in [0.29, 0.717) is 6.54 Å². The lowest BCUT2D eigenvalue weighted by Crippen LogP contribution is -2.45. The van der Waals surface area contributed by atoms with Gasteiger partial charge in [-0.05, 0) is 44.3 Å². The summed E-state index contributed by atoms with van der Waals surface area (Å²) < 4.78 is 6.05. The van der Waals surface area contributed by atoms with Crippen LogP contribution in [0.15, 0.2) is 40.9 Å². The standard InChI is InChI=1S/C22H29N3O2/c26-21(17-24-11-5-2-6-12-24)25-13-7-10-19(16-25)22-23-15-20(27-22)14-18-8-3-1-4-9-18/h1,3-4,8-9,15,19H,2,5-7,10-14,16-17H2/t19-/m0/s1. The van der Waals surface area contributed by atoms with E-state index < -0.39 is 0 Å². The van der Waals surface area contributed by atoms with Crippen molar-refractivity contribution >= 4 is 5.91 Å². The number of carbonyl (C=O) groups excluding carboxylic acids is 1. The molecule has 5 nitrogen and oxygen atoms in total. The third kappa shape index (κ3) is 4.78. The van der Waals surface area contributed by atoms with Crippen LogP contribution in [-0.4, -0.2) is 53.4 Å². The highest BCUT2D eigenvalue weighted by molar-refractivity contribution is 5.78. The fourth-order valence-electron chi connectivity index (χ4n) is 4.20. The van der Waals surface area contributed by atoms with E-state index in [-0.39, 0.29) is 11.8 Å². The van der Waals surface area contributed by atoms with Gasteiger partial charge in [-0.15, -0.1) is 0 Å². The van der Waals surface area contributed by atoms with Gasteiger partial charge >= 0.3 is 0 Å². The molecule has 144 valence electrons. The first-order valence-corrected chi connectivity index (χ1v) is 10.3. The summed E-state index contributed by atoms with van der Waals surface area (Å²) in [7, 11) is 0. The highest BCUT2D eigenvalue weighted by Gasteiger charge is 2.28. The number of rotatable bonds is 5. The molecular weight excluding hydrogens is 338 g/mol. The van der Waals surface area contributed by atoms with Crippen LogP contribution in [0.5, 0.6) is 0 Å². The molecular formula is C22H29N3O2. The molecule has 2 aliphatic rings. The van der Waals surface area contributed by atoms with Crippen molar-refractivity contribution in [3.05, 3.63) is 53.7 Å². The number of carbonyl (C=O) groups is 1. The SMILES string of the molecule is O=C(CN1CCCCC1)N1CCC[C@H](c2ncc(Cc3ccccc3)o2)C1. The van der Waals surface area contributed by atoms with E-state index in [1.807, 2.05) is 29.3 Å². The second kappa shape index (κ2) is 8.70. The Hall–Kier alpha value is -2.14. The van der Waals surface area contributed by atoms with Gasteiger partial charge in [0.2, 0.25) is 5.91 Å². The maximum atomic E-state index is 12.7. The van der Waals surface area contributed by atoms with Gasteiger partial charge in [0.25, 0.3) is 0 Å². The summed E-state index contributed by atoms with van der Waals surface area (Å²) in [5.41, 5.74) is 1.22. The predicted octanol–water partition coefficient (Wildman–Crippen LogP) is 3.46. The Labute approximate surface area is 161 Å². The van der Waals surface area contributed by atoms with Crippen molar-refractivity contribution in [2.75, 3.05) is 32.7 Å². The van der Waals surface area contributed by atoms with E-state index in [2.05, 4.69) is 22.0 Å². The Morgan fingerprint density at radius 1 is 1.07 bits per heavy atom. The lowest BCUT2D eigenvalue weighted by Gasteiger charge is -2.34. The molecule has 27 heavy (non-hydrogen) atoms. The monoisotopic (exact) mass is 367 g/mol. The van der Waals surface area contributed by atoms with Crippen LogP contribution in [-0.2, 0) is 11.2 Å². The molecule has 1 amide bonds. The van der Waals surface area contributed by atoms with E-state index in [0.717, 1.165) is 57.1 Å². The summed E-state index contributed by atoms with van der Waals surface area (Å²) in [6, 6.07) is 10.3. The smallest absolute Gasteiger partial charge is 0.236 e. The molecule has 0 N–H and O–H groups in total. The molecule has 5 heteroatoms. The second-order valence-electron chi connectivity index (χ2n) is 7.84. The number of aromatic nitrogens is 1. The van der Waals surface area contributed by atoms with Crippen molar-refractivity contribution in [1.29, 1.82) is 0 Å². The number of piperidine rings is 2. The quantitative estimate of drug-likeness (QED) is 0.812. The molecule has 0 unspecified atom stereocenters. The van der Waals surface area contributed by atoms with Crippen LogP contribution < -0.4 is 0 Å². The van der Waals surface area contributed by atoms with Crippen LogP contribution in [0.2, 0.25) is 0 Å². The molecule has 2 aromatic rings. The largest absolute Gasteiger partial charge is 0.445 e. The lowest BCUT2D eigenvalue weighted by molar-refractivity contribution is -0.134. The van der Waals surface area contributed by atoms with Crippen molar-refractivity contribution in [2.45, 2.75) is 44.4 Å². The van der Waals surface area contributed by atoms with E-state index in [4.69, 9.17) is 4.42 Å². The summed E-state index contributed by atoms with van der Waals surface area (Å²) in [6.07, 6.45) is 8.40. The maximum Gasteiger partial charge on any atom is 0.236 e. The van der Waals surface area contributed by atoms with Crippen molar-refractivity contribution in [3.63, 3.8) is 0 Å². The Balaban J connectivity index is 1.34. The van der Waals surface area contributed by atoms with Crippen molar-refractivity contribution in [3.8, 4) is 0 Å². The van der Waals surface area contributed by atoms with Gasteiger partial charge in [-0.2, -0.15) is 0 Å². The summed E-state index contributed by atoms with van der Waals surface area (Å²) >= 11 is 0. The summed E-state index contributed by atoms with van der Waals surface area (Å²) in [4.78, 5) is 21.6. The van der Waals surface area contributed by atoms with Gasteiger partial charge in [0.1, 0.15) is 5.76 Å². The molecule has 0 spiro atoms. The Morgan fingerprint density at radius 2 is 1.89 bits per heavy atom. The van der Waals surface area contributed by atoms with Gasteiger partial charge in [0, 0.05) is 19.5 Å². The highest BCUT2D eigenvalue weighted by atomic mass is 16.4. The highest BCUT2D eigenvalue weighted by Crippen LogP contribution is 2.27. The van der Waals surface area contributed by atoms with Gasteiger partial charge in [0.05, 0.1) is 18.7 Å². The zero-order chi connectivity index (χ0) is 18.5. The topological polar surface area (TPSA) is 49.6 Å². The number of amides is 1. The normalized spacial score (nSPS) is 21.3. The van der Waals surface area contributed by atoms with Crippen LogP contribution in [0.3, 0.4) is 0 Å². The molecule has 0 bridgehead atoms. The molecule has 1 aromatic carbocycles. The summed E-state index contributed by atoms with van der Waals surface area (Å²) in [6.45, 7) is 4.29. The number of oxazole rings is 1. The predicted molar refractivity (Wildman–Crippen MR) is 105 cm³/mol. The van der Waals surface area contributed by atoms with Crippen LogP contribution in [0.1, 0.15) is 55.2 Å². The van der Waals surface area contributed by atoms with E-state index in [1.54, 1.807) is 0 Å². The van der Waals surface area contributed by atoms with Gasteiger partial charge in [-0.3, -0.25) is 9.69 Å². The number of hydrogen-bond acceptors (Lipinski definition) is 4. The maximum absolute atomic E-state index is 12.7. The van der Waals surface area contributed by atoms with Gasteiger partial charge in [-0.1, -0.05) is 36.8 Å². The number of benzene rings is 1. The molecule has 1 aromatic heterocycles. The molecule has 0 aliphatic carbocycles. The number of hydrogen-bond donors (Lipinski definition) is 0. The molecule has 3 heterocycles. The number of nitrogens with zero attached hydrogens (tertiary/aromatic N) is 3. The van der Waals surface area contributed by atoms with Gasteiger partial charge in [-0.25, -0.2) is 4.98 Å². The second-order valence-corrected chi connectivity index (χ2v) is 7.84. The van der Waals surface area contributed by atoms with Crippen molar-refractivity contribution in [1.82, 2.24) is 14.8 Å². The first kappa shape index (κ1) is 18.2. The third-order valence-electron chi connectivity index (χ3n) is 5.72. The Kier molecular flexibility index (Phi) is 5.87.